The molecule has 218 valence electrons. The molecule has 1 aliphatic rings. The van der Waals surface area contributed by atoms with E-state index < -0.39 is 12.0 Å². The Morgan fingerprint density at radius 1 is 1.05 bits per heavy atom. The molecular formula is C31H36N2O7S. The Morgan fingerprint density at radius 3 is 2.56 bits per heavy atom. The van der Waals surface area contributed by atoms with Gasteiger partial charge in [0.25, 0.3) is 5.56 Å². The smallest absolute Gasteiger partial charge is 0.338 e. The normalized spacial score (nSPS) is 14.9. The first kappa shape index (κ1) is 29.9. The predicted octanol–water partition coefficient (Wildman–Crippen LogP) is 4.48. The lowest BCUT2D eigenvalue weighted by Gasteiger charge is -2.25. The monoisotopic (exact) mass is 580 g/mol. The van der Waals surface area contributed by atoms with Gasteiger partial charge in [-0.3, -0.25) is 9.36 Å². The molecule has 2 aromatic carbocycles. The van der Waals surface area contributed by atoms with Gasteiger partial charge in [0, 0.05) is 0 Å². The van der Waals surface area contributed by atoms with Gasteiger partial charge in [0.05, 0.1) is 48.8 Å². The number of carbonyl (C=O) groups is 1. The number of hydrogen-bond donors (Lipinski definition) is 1. The Bertz CT molecular complexity index is 1620. The van der Waals surface area contributed by atoms with Crippen molar-refractivity contribution in [2.75, 3.05) is 26.9 Å². The second kappa shape index (κ2) is 13.5. The molecule has 10 heteroatoms. The summed E-state index contributed by atoms with van der Waals surface area (Å²) in [7, 11) is 1.56. The number of phenolic OH excluding ortho intramolecular Hbond substituents is 1. The van der Waals surface area contributed by atoms with E-state index in [4.69, 9.17) is 18.9 Å². The van der Waals surface area contributed by atoms with Gasteiger partial charge in [-0.15, -0.1) is 0 Å². The third-order valence-corrected chi connectivity index (χ3v) is 7.59. The highest BCUT2D eigenvalue weighted by molar-refractivity contribution is 7.07. The lowest BCUT2D eigenvalue weighted by molar-refractivity contribution is -0.139. The first-order valence-corrected chi connectivity index (χ1v) is 14.6. The van der Waals surface area contributed by atoms with Crippen molar-refractivity contribution >= 4 is 23.4 Å². The first-order valence-electron chi connectivity index (χ1n) is 13.8. The zero-order valence-corrected chi connectivity index (χ0v) is 24.9. The van der Waals surface area contributed by atoms with E-state index in [1.807, 2.05) is 13.0 Å². The van der Waals surface area contributed by atoms with E-state index in [1.54, 1.807) is 51.3 Å². The first-order chi connectivity index (χ1) is 19.8. The zero-order valence-electron chi connectivity index (χ0n) is 24.1. The average Bonchev–Trinajstić information content (AvgIpc) is 3.26. The SMILES string of the molecule is CCCCCOc1ccc(C2C(C(=O)OCC)=C(C)N=c3s/c(=C\c4ccc(O)c(OCC)c4)c(=O)n32)cc1OC. The van der Waals surface area contributed by atoms with Crippen LogP contribution >= 0.6 is 11.3 Å². The average molecular weight is 581 g/mol. The summed E-state index contributed by atoms with van der Waals surface area (Å²) >= 11 is 1.22. The number of fused-ring (bicyclic) bond motifs is 1. The van der Waals surface area contributed by atoms with Crippen LogP contribution in [0.1, 0.15) is 64.1 Å². The number of thiazole rings is 1. The van der Waals surface area contributed by atoms with Crippen molar-refractivity contribution in [2.45, 2.75) is 53.0 Å². The molecule has 0 amide bonds. The van der Waals surface area contributed by atoms with E-state index in [0.717, 1.165) is 19.3 Å². The number of methoxy groups -OCH3 is 1. The van der Waals surface area contributed by atoms with Crippen molar-refractivity contribution in [3.63, 3.8) is 0 Å². The van der Waals surface area contributed by atoms with E-state index in [0.29, 0.717) is 56.6 Å². The minimum absolute atomic E-state index is 0.0203. The molecule has 4 rings (SSSR count). The van der Waals surface area contributed by atoms with Crippen LogP contribution in [0.2, 0.25) is 0 Å². The third kappa shape index (κ3) is 6.48. The Morgan fingerprint density at radius 2 is 1.85 bits per heavy atom. The van der Waals surface area contributed by atoms with Crippen molar-refractivity contribution in [1.82, 2.24) is 4.57 Å². The molecule has 1 atom stereocenters. The summed E-state index contributed by atoms with van der Waals surface area (Å²) in [5.74, 6) is 0.914. The Hall–Kier alpha value is -4.05. The highest BCUT2D eigenvalue weighted by Gasteiger charge is 2.34. The number of aromatic hydroxyl groups is 1. The summed E-state index contributed by atoms with van der Waals surface area (Å²) in [6, 6.07) is 9.56. The van der Waals surface area contributed by atoms with Crippen LogP contribution < -0.4 is 29.1 Å². The lowest BCUT2D eigenvalue weighted by atomic mass is 9.95. The molecule has 1 unspecified atom stereocenters. The van der Waals surface area contributed by atoms with Gasteiger partial charge in [0.15, 0.2) is 27.8 Å². The standard InChI is InChI=1S/C31H36N2O7S/c1-6-9-10-15-40-23-14-12-21(18-25(23)37-5)28-27(30(36)39-8-3)19(4)32-31-33(28)29(35)26(41-31)17-20-11-13-22(34)24(16-20)38-7-2/h11-14,16-18,28,34H,6-10,15H2,1-5H3/b26-17-. The topological polar surface area (TPSA) is 109 Å². The van der Waals surface area contributed by atoms with Gasteiger partial charge in [-0.05, 0) is 68.7 Å². The fourth-order valence-corrected chi connectivity index (χ4v) is 5.70. The van der Waals surface area contributed by atoms with Crippen LogP contribution in [-0.4, -0.2) is 42.6 Å². The molecular weight excluding hydrogens is 544 g/mol. The van der Waals surface area contributed by atoms with Crippen LogP contribution in [0.4, 0.5) is 0 Å². The molecule has 0 fully saturated rings. The summed E-state index contributed by atoms with van der Waals surface area (Å²) in [5.41, 5.74) is 1.80. The lowest BCUT2D eigenvalue weighted by Crippen LogP contribution is -2.40. The molecule has 0 saturated carbocycles. The van der Waals surface area contributed by atoms with Crippen molar-refractivity contribution in [3.05, 3.63) is 78.5 Å². The van der Waals surface area contributed by atoms with Crippen LogP contribution in [0.15, 0.2) is 57.5 Å². The van der Waals surface area contributed by atoms with Crippen molar-refractivity contribution < 1.29 is 28.8 Å². The van der Waals surface area contributed by atoms with Gasteiger partial charge in [0.1, 0.15) is 0 Å². The highest BCUT2D eigenvalue weighted by Crippen LogP contribution is 2.36. The van der Waals surface area contributed by atoms with Crippen LogP contribution in [0.3, 0.4) is 0 Å². The van der Waals surface area contributed by atoms with E-state index in [9.17, 15) is 14.7 Å². The van der Waals surface area contributed by atoms with Gasteiger partial charge >= 0.3 is 5.97 Å². The van der Waals surface area contributed by atoms with Crippen LogP contribution in [0.25, 0.3) is 6.08 Å². The zero-order chi connectivity index (χ0) is 29.5. The van der Waals surface area contributed by atoms with Crippen LogP contribution in [-0.2, 0) is 9.53 Å². The van der Waals surface area contributed by atoms with Crippen LogP contribution in [0, 0.1) is 0 Å². The maximum atomic E-state index is 13.9. The van der Waals surface area contributed by atoms with Gasteiger partial charge in [0.2, 0.25) is 0 Å². The minimum Gasteiger partial charge on any atom is -0.504 e. The number of benzene rings is 2. The molecule has 2 heterocycles. The van der Waals surface area contributed by atoms with Crippen LogP contribution in [0.5, 0.6) is 23.0 Å². The largest absolute Gasteiger partial charge is 0.504 e. The molecule has 41 heavy (non-hydrogen) atoms. The Balaban J connectivity index is 1.85. The second-order valence-electron chi connectivity index (χ2n) is 9.43. The van der Waals surface area contributed by atoms with Crippen molar-refractivity contribution in [3.8, 4) is 23.0 Å². The Labute approximate surface area is 243 Å². The number of aromatic nitrogens is 1. The predicted molar refractivity (Wildman–Crippen MR) is 158 cm³/mol. The molecule has 0 aliphatic carbocycles. The number of hydrogen-bond acceptors (Lipinski definition) is 9. The fraction of sp³-hybridized carbons (Fsp3) is 0.387. The molecule has 1 aliphatic heterocycles. The summed E-state index contributed by atoms with van der Waals surface area (Å²) in [6.07, 6.45) is 4.81. The van der Waals surface area contributed by atoms with Crippen molar-refractivity contribution in [1.29, 1.82) is 0 Å². The van der Waals surface area contributed by atoms with E-state index in [-0.39, 0.29) is 23.5 Å². The molecule has 0 bridgehead atoms. The molecule has 0 saturated heterocycles. The van der Waals surface area contributed by atoms with Gasteiger partial charge in [-0.25, -0.2) is 9.79 Å². The summed E-state index contributed by atoms with van der Waals surface area (Å²) in [6.45, 7) is 8.58. The van der Waals surface area contributed by atoms with Gasteiger partial charge in [-0.2, -0.15) is 0 Å². The molecule has 0 spiro atoms. The number of rotatable bonds is 12. The second-order valence-corrected chi connectivity index (χ2v) is 10.4. The summed E-state index contributed by atoms with van der Waals surface area (Å²) in [4.78, 5) is 32.2. The number of phenols is 1. The van der Waals surface area contributed by atoms with Crippen molar-refractivity contribution in [2.24, 2.45) is 4.99 Å². The van der Waals surface area contributed by atoms with Gasteiger partial charge < -0.3 is 24.1 Å². The highest BCUT2D eigenvalue weighted by atomic mass is 32.1. The molecule has 0 radical (unpaired) electrons. The number of carbonyl (C=O) groups excluding carboxylic acids is 1. The fourth-order valence-electron chi connectivity index (χ4n) is 4.66. The Kier molecular flexibility index (Phi) is 9.88. The number of ether oxygens (including phenoxy) is 4. The van der Waals surface area contributed by atoms with Gasteiger partial charge in [-0.1, -0.05) is 43.2 Å². The quantitative estimate of drug-likeness (QED) is 0.249. The minimum atomic E-state index is -0.783. The number of nitrogens with zero attached hydrogens (tertiary/aromatic N) is 2. The summed E-state index contributed by atoms with van der Waals surface area (Å²) < 4.78 is 24.4. The summed E-state index contributed by atoms with van der Waals surface area (Å²) in [5, 5.41) is 10.1. The maximum Gasteiger partial charge on any atom is 0.338 e. The number of esters is 1. The maximum absolute atomic E-state index is 13.9. The van der Waals surface area contributed by atoms with E-state index in [2.05, 4.69) is 11.9 Å². The molecule has 1 N–H and O–H groups in total. The molecule has 1 aromatic heterocycles. The van der Waals surface area contributed by atoms with E-state index in [1.165, 1.54) is 22.0 Å². The third-order valence-electron chi connectivity index (χ3n) is 6.61. The molecule has 9 nitrogen and oxygen atoms in total. The molecule has 3 aromatic rings. The number of allylic oxidation sites excluding steroid dienone is 1. The van der Waals surface area contributed by atoms with E-state index >= 15 is 0 Å². The number of unbranched alkanes of at least 4 members (excludes halogenated alkanes) is 2.